The number of carbonyl (C=O) groups is 2. The highest BCUT2D eigenvalue weighted by Crippen LogP contribution is 2.39. The van der Waals surface area contributed by atoms with Crippen LogP contribution in [0.1, 0.15) is 24.0 Å². The van der Waals surface area contributed by atoms with Crippen molar-refractivity contribution < 1.29 is 19.8 Å². The molecule has 0 saturated carbocycles. The normalized spacial score (nSPS) is 17.1. The van der Waals surface area contributed by atoms with Crippen molar-refractivity contribution in [1.82, 2.24) is 9.21 Å². The highest BCUT2D eigenvalue weighted by molar-refractivity contribution is 7.97. The van der Waals surface area contributed by atoms with Gasteiger partial charge in [0, 0.05) is 57.4 Å². The number of benzene rings is 2. The Morgan fingerprint density at radius 3 is 2.42 bits per heavy atom. The van der Waals surface area contributed by atoms with Gasteiger partial charge in [-0.1, -0.05) is 6.07 Å². The molecule has 2 amide bonds. The molecule has 0 radical (unpaired) electrons. The quantitative estimate of drug-likeness (QED) is 0.445. The number of piperazine rings is 1. The number of amides is 2. The predicted molar refractivity (Wildman–Crippen MR) is 127 cm³/mol. The molecule has 6 N–H and O–H groups in total. The number of primary amides is 1. The zero-order chi connectivity index (χ0) is 23.5. The van der Waals surface area contributed by atoms with Crippen LogP contribution < -0.4 is 16.4 Å². The second kappa shape index (κ2) is 9.90. The SMILES string of the molecule is NC(=O)CCC(N)C(=O)N1CCN(c2ccc3c(c2)CN(Sc2ccc(O)cc2O)C3)CC1. The van der Waals surface area contributed by atoms with E-state index in [1.807, 2.05) is 0 Å². The molecule has 1 fully saturated rings. The molecule has 2 aromatic rings. The van der Waals surface area contributed by atoms with Crippen LogP contribution in [0.15, 0.2) is 41.3 Å². The number of phenolic OH excluding ortho intramolecular Hbond substituents is 2. The molecule has 176 valence electrons. The van der Waals surface area contributed by atoms with E-state index < -0.39 is 11.9 Å². The van der Waals surface area contributed by atoms with Crippen molar-refractivity contribution in [2.24, 2.45) is 11.5 Å². The summed E-state index contributed by atoms with van der Waals surface area (Å²) in [5.41, 5.74) is 14.7. The number of nitrogens with zero attached hydrogens (tertiary/aromatic N) is 3. The third-order valence-corrected chi connectivity index (χ3v) is 7.09. The maximum Gasteiger partial charge on any atom is 0.239 e. The van der Waals surface area contributed by atoms with Crippen LogP contribution in [0.4, 0.5) is 5.69 Å². The molecule has 33 heavy (non-hydrogen) atoms. The van der Waals surface area contributed by atoms with E-state index in [4.69, 9.17) is 11.5 Å². The number of aromatic hydroxyl groups is 2. The van der Waals surface area contributed by atoms with Crippen molar-refractivity contribution in [2.75, 3.05) is 31.1 Å². The lowest BCUT2D eigenvalue weighted by atomic mass is 10.1. The monoisotopic (exact) mass is 471 g/mol. The maximum absolute atomic E-state index is 12.5. The van der Waals surface area contributed by atoms with Gasteiger partial charge in [-0.05, 0) is 53.8 Å². The molecule has 2 aliphatic rings. The second-order valence-electron chi connectivity index (χ2n) is 8.42. The van der Waals surface area contributed by atoms with Crippen LogP contribution in [-0.2, 0) is 22.7 Å². The number of nitrogens with two attached hydrogens (primary N) is 2. The molecule has 0 bridgehead atoms. The third kappa shape index (κ3) is 5.52. The lowest BCUT2D eigenvalue weighted by Gasteiger charge is -2.37. The van der Waals surface area contributed by atoms with E-state index in [0.29, 0.717) is 31.1 Å². The first-order valence-corrected chi connectivity index (χ1v) is 11.7. The molecular weight excluding hydrogens is 442 g/mol. The number of phenols is 2. The van der Waals surface area contributed by atoms with Gasteiger partial charge in [-0.3, -0.25) is 9.59 Å². The van der Waals surface area contributed by atoms with Crippen molar-refractivity contribution in [3.8, 4) is 11.5 Å². The first-order valence-electron chi connectivity index (χ1n) is 10.9. The van der Waals surface area contributed by atoms with Crippen molar-refractivity contribution in [3.63, 3.8) is 0 Å². The Labute approximate surface area is 197 Å². The molecule has 2 aliphatic heterocycles. The summed E-state index contributed by atoms with van der Waals surface area (Å²) in [6.45, 7) is 4.12. The molecule has 1 saturated heterocycles. The van der Waals surface area contributed by atoms with Crippen molar-refractivity contribution in [2.45, 2.75) is 36.9 Å². The Morgan fingerprint density at radius 1 is 1.00 bits per heavy atom. The van der Waals surface area contributed by atoms with Gasteiger partial charge in [0.2, 0.25) is 11.8 Å². The third-order valence-electron chi connectivity index (χ3n) is 6.03. The van der Waals surface area contributed by atoms with Crippen LogP contribution in [0.3, 0.4) is 0 Å². The lowest BCUT2D eigenvalue weighted by molar-refractivity contribution is -0.133. The molecular formula is C23H29N5O4S. The Bertz CT molecular complexity index is 1040. The van der Waals surface area contributed by atoms with Gasteiger partial charge < -0.3 is 31.5 Å². The van der Waals surface area contributed by atoms with Gasteiger partial charge in [0.15, 0.2) is 0 Å². The summed E-state index contributed by atoms with van der Waals surface area (Å²) in [6.07, 6.45) is 0.388. The molecule has 2 aromatic carbocycles. The van der Waals surface area contributed by atoms with Crippen LogP contribution in [0.25, 0.3) is 0 Å². The molecule has 4 rings (SSSR count). The first kappa shape index (κ1) is 23.2. The van der Waals surface area contributed by atoms with E-state index in [1.165, 1.54) is 29.1 Å². The average molecular weight is 472 g/mol. The Morgan fingerprint density at radius 2 is 1.73 bits per heavy atom. The molecule has 0 aliphatic carbocycles. The van der Waals surface area contributed by atoms with E-state index in [9.17, 15) is 19.8 Å². The smallest absolute Gasteiger partial charge is 0.239 e. The first-order chi connectivity index (χ1) is 15.8. The van der Waals surface area contributed by atoms with E-state index >= 15 is 0 Å². The van der Waals surface area contributed by atoms with E-state index in [2.05, 4.69) is 27.4 Å². The van der Waals surface area contributed by atoms with Gasteiger partial charge >= 0.3 is 0 Å². The van der Waals surface area contributed by atoms with Crippen LogP contribution in [0.5, 0.6) is 11.5 Å². The van der Waals surface area contributed by atoms with E-state index in [0.717, 1.165) is 18.8 Å². The summed E-state index contributed by atoms with van der Waals surface area (Å²) in [5, 5.41) is 19.5. The minimum Gasteiger partial charge on any atom is -0.508 e. The highest BCUT2D eigenvalue weighted by Gasteiger charge is 2.27. The van der Waals surface area contributed by atoms with Gasteiger partial charge in [-0.2, -0.15) is 0 Å². The van der Waals surface area contributed by atoms with E-state index in [1.54, 1.807) is 17.0 Å². The molecule has 1 unspecified atom stereocenters. The largest absolute Gasteiger partial charge is 0.508 e. The second-order valence-corrected chi connectivity index (χ2v) is 9.56. The highest BCUT2D eigenvalue weighted by atomic mass is 32.2. The van der Waals surface area contributed by atoms with Crippen LogP contribution in [-0.4, -0.2) is 63.5 Å². The molecule has 10 heteroatoms. The van der Waals surface area contributed by atoms with Gasteiger partial charge in [-0.25, -0.2) is 4.31 Å². The number of fused-ring (bicyclic) bond motifs is 1. The van der Waals surface area contributed by atoms with Crippen LogP contribution in [0, 0.1) is 0 Å². The fourth-order valence-electron chi connectivity index (χ4n) is 4.17. The van der Waals surface area contributed by atoms with Gasteiger partial charge in [0.1, 0.15) is 11.5 Å². The zero-order valence-corrected chi connectivity index (χ0v) is 19.1. The number of hydrogen-bond acceptors (Lipinski definition) is 8. The van der Waals surface area contributed by atoms with Crippen LogP contribution in [0.2, 0.25) is 0 Å². The summed E-state index contributed by atoms with van der Waals surface area (Å²) >= 11 is 1.47. The number of anilines is 1. The van der Waals surface area contributed by atoms with Crippen molar-refractivity contribution in [1.29, 1.82) is 0 Å². The average Bonchev–Trinajstić information content (AvgIpc) is 3.20. The standard InChI is InChI=1S/C23H29N5O4S/c24-19(4-6-22(25)31)23(32)27-9-7-26(8-10-27)17-2-1-15-13-28(14-16(15)11-17)33-21-5-3-18(29)12-20(21)30/h1-3,5,11-12,19,29-30H,4,6-10,13-14,24H2,(H2,25,31). The predicted octanol–water partition coefficient (Wildman–Crippen LogP) is 1.36. The van der Waals surface area contributed by atoms with Crippen LogP contribution >= 0.6 is 11.9 Å². The summed E-state index contributed by atoms with van der Waals surface area (Å²) in [7, 11) is 0. The molecule has 1 atom stereocenters. The van der Waals surface area contributed by atoms with Gasteiger partial charge in [0.25, 0.3) is 0 Å². The van der Waals surface area contributed by atoms with Crippen molar-refractivity contribution in [3.05, 3.63) is 47.5 Å². The van der Waals surface area contributed by atoms with E-state index in [-0.39, 0.29) is 30.2 Å². The maximum atomic E-state index is 12.5. The molecule has 2 heterocycles. The Balaban J connectivity index is 1.32. The topological polar surface area (TPSA) is 136 Å². The minimum absolute atomic E-state index is 0.0423. The lowest BCUT2D eigenvalue weighted by Crippen LogP contribution is -2.53. The molecule has 9 nitrogen and oxygen atoms in total. The van der Waals surface area contributed by atoms with Gasteiger partial charge in [0.05, 0.1) is 10.9 Å². The Kier molecular flexibility index (Phi) is 6.96. The number of rotatable bonds is 7. The minimum atomic E-state index is -0.694. The fourth-order valence-corrected chi connectivity index (χ4v) is 5.14. The zero-order valence-electron chi connectivity index (χ0n) is 18.3. The molecule has 0 aromatic heterocycles. The summed E-state index contributed by atoms with van der Waals surface area (Å²) in [5.74, 6) is -0.467. The van der Waals surface area contributed by atoms with Gasteiger partial charge in [-0.15, -0.1) is 0 Å². The summed E-state index contributed by atoms with van der Waals surface area (Å²) in [4.78, 5) is 28.2. The summed E-state index contributed by atoms with van der Waals surface area (Å²) < 4.78 is 2.17. The Hall–Kier alpha value is -2.95. The fraction of sp³-hybridized carbons (Fsp3) is 0.391. The summed E-state index contributed by atoms with van der Waals surface area (Å²) in [6, 6.07) is 10.4. The molecule has 0 spiro atoms. The number of carbonyl (C=O) groups excluding carboxylic acids is 2. The van der Waals surface area contributed by atoms with Crippen molar-refractivity contribution >= 4 is 29.4 Å². The number of hydrogen-bond donors (Lipinski definition) is 4.